The fraction of sp³-hybridized carbons (Fsp3) is 0.412. The first kappa shape index (κ1) is 15.9. The number of nitrogens with zero attached hydrogens (tertiary/aromatic N) is 5. The molecular weight excluding hydrogens is 320 g/mol. The molecular formula is C17H20N6O2. The maximum atomic E-state index is 5.58. The standard InChI is InChI=1S/C17H20N6O2/c1-11-15(22-25-21-11)10-23-9-13(24-2)6-16(23)17-19-8-14(20-17)12-4-3-5-18-7-12/h3-5,7-8,13,16H,6,9-10H2,1-2H3,(H,19,20)/t13-,16+/m1/s1. The van der Waals surface area contributed by atoms with Crippen molar-refractivity contribution in [2.75, 3.05) is 13.7 Å². The second-order valence-corrected chi connectivity index (χ2v) is 6.26. The highest BCUT2D eigenvalue weighted by molar-refractivity contribution is 5.56. The van der Waals surface area contributed by atoms with Gasteiger partial charge in [0.15, 0.2) is 0 Å². The number of pyridine rings is 1. The molecule has 1 aliphatic rings. The van der Waals surface area contributed by atoms with Crippen molar-refractivity contribution in [3.8, 4) is 11.3 Å². The highest BCUT2D eigenvalue weighted by Crippen LogP contribution is 2.34. The van der Waals surface area contributed by atoms with E-state index in [-0.39, 0.29) is 12.1 Å². The summed E-state index contributed by atoms with van der Waals surface area (Å²) in [4.78, 5) is 14.5. The first-order valence-corrected chi connectivity index (χ1v) is 8.24. The van der Waals surface area contributed by atoms with Crippen molar-refractivity contribution in [2.24, 2.45) is 0 Å². The van der Waals surface area contributed by atoms with Crippen molar-refractivity contribution in [3.63, 3.8) is 0 Å². The van der Waals surface area contributed by atoms with Crippen LogP contribution in [0.1, 0.15) is 29.7 Å². The van der Waals surface area contributed by atoms with E-state index in [0.717, 1.165) is 41.4 Å². The molecule has 0 aromatic carbocycles. The van der Waals surface area contributed by atoms with Crippen LogP contribution in [0.15, 0.2) is 35.4 Å². The van der Waals surface area contributed by atoms with Gasteiger partial charge in [-0.25, -0.2) is 9.61 Å². The zero-order chi connectivity index (χ0) is 17.2. The Morgan fingerprint density at radius 1 is 1.36 bits per heavy atom. The molecule has 130 valence electrons. The van der Waals surface area contributed by atoms with E-state index in [0.29, 0.717) is 6.54 Å². The summed E-state index contributed by atoms with van der Waals surface area (Å²) in [7, 11) is 1.75. The second-order valence-electron chi connectivity index (χ2n) is 6.26. The van der Waals surface area contributed by atoms with Gasteiger partial charge in [0.25, 0.3) is 0 Å². The van der Waals surface area contributed by atoms with Crippen molar-refractivity contribution in [2.45, 2.75) is 32.0 Å². The zero-order valence-electron chi connectivity index (χ0n) is 14.2. The molecule has 0 saturated carbocycles. The van der Waals surface area contributed by atoms with E-state index < -0.39 is 0 Å². The van der Waals surface area contributed by atoms with Gasteiger partial charge in [-0.2, -0.15) is 0 Å². The second kappa shape index (κ2) is 6.73. The number of H-pyrrole nitrogens is 1. The third-order valence-corrected chi connectivity index (χ3v) is 4.68. The Bertz CT molecular complexity index is 831. The Morgan fingerprint density at radius 2 is 2.28 bits per heavy atom. The number of aromatic nitrogens is 5. The lowest BCUT2D eigenvalue weighted by atomic mass is 10.2. The molecule has 8 nitrogen and oxygen atoms in total. The Morgan fingerprint density at radius 3 is 3.00 bits per heavy atom. The van der Waals surface area contributed by atoms with Gasteiger partial charge in [0, 0.05) is 38.2 Å². The molecule has 0 spiro atoms. The van der Waals surface area contributed by atoms with E-state index in [1.807, 2.05) is 31.5 Å². The maximum absolute atomic E-state index is 5.58. The Labute approximate surface area is 145 Å². The van der Waals surface area contributed by atoms with E-state index in [4.69, 9.17) is 9.37 Å². The molecule has 0 unspecified atom stereocenters. The lowest BCUT2D eigenvalue weighted by molar-refractivity contribution is 0.107. The van der Waals surface area contributed by atoms with Gasteiger partial charge in [-0.05, 0) is 25.5 Å². The van der Waals surface area contributed by atoms with Crippen molar-refractivity contribution in [3.05, 3.63) is 47.9 Å². The number of likely N-dealkylation sites (tertiary alicyclic amines) is 1. The summed E-state index contributed by atoms with van der Waals surface area (Å²) in [5.41, 5.74) is 3.64. The van der Waals surface area contributed by atoms with Crippen LogP contribution in [0, 0.1) is 6.92 Å². The van der Waals surface area contributed by atoms with Gasteiger partial charge < -0.3 is 9.72 Å². The normalized spacial score (nSPS) is 21.0. The first-order chi connectivity index (χ1) is 12.2. The third kappa shape index (κ3) is 3.18. The van der Waals surface area contributed by atoms with Crippen LogP contribution in [0.3, 0.4) is 0 Å². The number of hydrogen-bond donors (Lipinski definition) is 1. The van der Waals surface area contributed by atoms with Gasteiger partial charge in [0.05, 0.1) is 24.0 Å². The smallest absolute Gasteiger partial charge is 0.124 e. The zero-order valence-corrected chi connectivity index (χ0v) is 14.2. The molecule has 0 amide bonds. The monoisotopic (exact) mass is 340 g/mol. The quantitative estimate of drug-likeness (QED) is 0.760. The molecule has 25 heavy (non-hydrogen) atoms. The Balaban J connectivity index is 1.58. The number of ether oxygens (including phenoxy) is 1. The fourth-order valence-corrected chi connectivity index (χ4v) is 3.25. The number of hydrogen-bond acceptors (Lipinski definition) is 7. The molecule has 2 atom stereocenters. The molecule has 0 bridgehead atoms. The molecule has 0 aliphatic carbocycles. The molecule has 1 aliphatic heterocycles. The highest BCUT2D eigenvalue weighted by Gasteiger charge is 2.35. The average molecular weight is 340 g/mol. The predicted molar refractivity (Wildman–Crippen MR) is 89.4 cm³/mol. The molecule has 8 heteroatoms. The van der Waals surface area contributed by atoms with Crippen molar-refractivity contribution in [1.29, 1.82) is 0 Å². The number of aryl methyl sites for hydroxylation is 1. The number of aromatic amines is 1. The summed E-state index contributed by atoms with van der Waals surface area (Å²) in [6.07, 6.45) is 6.48. The lowest BCUT2D eigenvalue weighted by Crippen LogP contribution is -2.25. The molecule has 1 N–H and O–H groups in total. The molecule has 3 aromatic heterocycles. The summed E-state index contributed by atoms with van der Waals surface area (Å²) < 4.78 is 10.4. The molecule has 1 saturated heterocycles. The van der Waals surface area contributed by atoms with Crippen molar-refractivity contribution >= 4 is 0 Å². The summed E-state index contributed by atoms with van der Waals surface area (Å²) in [6.45, 7) is 3.37. The molecule has 0 radical (unpaired) electrons. The van der Waals surface area contributed by atoms with Gasteiger partial charge in [-0.1, -0.05) is 10.3 Å². The highest BCUT2D eigenvalue weighted by atomic mass is 16.6. The Kier molecular flexibility index (Phi) is 4.29. The summed E-state index contributed by atoms with van der Waals surface area (Å²) in [5, 5.41) is 7.87. The van der Waals surface area contributed by atoms with Crippen LogP contribution in [0.25, 0.3) is 11.3 Å². The van der Waals surface area contributed by atoms with Gasteiger partial charge in [0.1, 0.15) is 17.2 Å². The van der Waals surface area contributed by atoms with Crippen LogP contribution in [-0.2, 0) is 11.3 Å². The largest absolute Gasteiger partial charge is 0.380 e. The van der Waals surface area contributed by atoms with Gasteiger partial charge in [-0.3, -0.25) is 9.88 Å². The van der Waals surface area contributed by atoms with Crippen LogP contribution >= 0.6 is 0 Å². The minimum atomic E-state index is 0.131. The van der Waals surface area contributed by atoms with Crippen LogP contribution in [-0.4, -0.2) is 49.9 Å². The summed E-state index contributed by atoms with van der Waals surface area (Å²) in [6, 6.07) is 4.06. The lowest BCUT2D eigenvalue weighted by Gasteiger charge is -2.21. The minimum absolute atomic E-state index is 0.131. The molecule has 4 rings (SSSR count). The van der Waals surface area contributed by atoms with Crippen LogP contribution in [0.2, 0.25) is 0 Å². The average Bonchev–Trinajstić information content (AvgIpc) is 3.36. The van der Waals surface area contributed by atoms with E-state index in [1.54, 1.807) is 13.3 Å². The van der Waals surface area contributed by atoms with Crippen LogP contribution in [0.5, 0.6) is 0 Å². The maximum Gasteiger partial charge on any atom is 0.124 e. The predicted octanol–water partition coefficient (Wildman–Crippen LogP) is 2.13. The van der Waals surface area contributed by atoms with E-state index in [9.17, 15) is 0 Å². The molecule has 3 aromatic rings. The molecule has 4 heterocycles. The third-order valence-electron chi connectivity index (χ3n) is 4.68. The van der Waals surface area contributed by atoms with E-state index in [2.05, 4.69) is 30.2 Å². The SMILES string of the molecule is CO[C@@H]1C[C@@H](c2ncc(-c3cccnc3)[nH]2)N(Cc2nonc2C)C1. The topological polar surface area (TPSA) is 93.0 Å². The van der Waals surface area contributed by atoms with Crippen LogP contribution in [0.4, 0.5) is 0 Å². The van der Waals surface area contributed by atoms with E-state index >= 15 is 0 Å². The minimum Gasteiger partial charge on any atom is -0.380 e. The van der Waals surface area contributed by atoms with Crippen LogP contribution < -0.4 is 0 Å². The van der Waals surface area contributed by atoms with Crippen molar-refractivity contribution in [1.82, 2.24) is 30.2 Å². The summed E-state index contributed by atoms with van der Waals surface area (Å²) in [5.74, 6) is 0.924. The van der Waals surface area contributed by atoms with Gasteiger partial charge in [0.2, 0.25) is 0 Å². The van der Waals surface area contributed by atoms with E-state index in [1.165, 1.54) is 0 Å². The first-order valence-electron chi connectivity index (χ1n) is 8.24. The number of nitrogens with one attached hydrogen (secondary N) is 1. The van der Waals surface area contributed by atoms with Gasteiger partial charge >= 0.3 is 0 Å². The Hall–Kier alpha value is -2.58. The number of methoxy groups -OCH3 is 1. The van der Waals surface area contributed by atoms with Crippen molar-refractivity contribution < 1.29 is 9.37 Å². The number of rotatable bonds is 5. The molecule has 1 fully saturated rings. The number of imidazole rings is 1. The van der Waals surface area contributed by atoms with Gasteiger partial charge in [-0.15, -0.1) is 0 Å². The summed E-state index contributed by atoms with van der Waals surface area (Å²) >= 11 is 0. The fourth-order valence-electron chi connectivity index (χ4n) is 3.25.